The molecule has 2 N–H and O–H groups in total. The SMILES string of the molecule is Nc1ccc(-c2nnnn2-c2ccc(F)cc2Cl)cc1. The average molecular weight is 290 g/mol. The summed E-state index contributed by atoms with van der Waals surface area (Å²) in [4.78, 5) is 0. The van der Waals surface area contributed by atoms with Crippen molar-refractivity contribution >= 4 is 17.3 Å². The van der Waals surface area contributed by atoms with Crippen LogP contribution in [0, 0.1) is 5.82 Å². The van der Waals surface area contributed by atoms with Crippen molar-refractivity contribution in [2.24, 2.45) is 0 Å². The number of benzene rings is 2. The lowest BCUT2D eigenvalue weighted by Gasteiger charge is -2.06. The largest absolute Gasteiger partial charge is 0.399 e. The Balaban J connectivity index is 2.12. The normalized spacial score (nSPS) is 10.7. The number of hydrogen-bond acceptors (Lipinski definition) is 4. The molecule has 0 aliphatic rings. The Morgan fingerprint density at radius 3 is 2.55 bits per heavy atom. The van der Waals surface area contributed by atoms with Gasteiger partial charge in [0.15, 0.2) is 5.82 Å². The van der Waals surface area contributed by atoms with Crippen molar-refractivity contribution in [2.45, 2.75) is 0 Å². The van der Waals surface area contributed by atoms with Gasteiger partial charge in [-0.05, 0) is 52.9 Å². The van der Waals surface area contributed by atoms with Gasteiger partial charge in [0.25, 0.3) is 0 Å². The summed E-state index contributed by atoms with van der Waals surface area (Å²) in [6, 6.07) is 11.1. The molecule has 0 radical (unpaired) electrons. The summed E-state index contributed by atoms with van der Waals surface area (Å²) in [5.74, 6) is 0.0827. The van der Waals surface area contributed by atoms with E-state index >= 15 is 0 Å². The molecule has 0 saturated carbocycles. The van der Waals surface area contributed by atoms with Gasteiger partial charge in [0.2, 0.25) is 0 Å². The third-order valence-corrected chi connectivity index (χ3v) is 3.08. The van der Waals surface area contributed by atoms with Crippen LogP contribution in [0.2, 0.25) is 5.02 Å². The minimum atomic E-state index is -0.416. The number of tetrazole rings is 1. The van der Waals surface area contributed by atoms with Gasteiger partial charge in [-0.1, -0.05) is 11.6 Å². The number of hydrogen-bond donors (Lipinski definition) is 1. The molecule has 0 aliphatic heterocycles. The number of nitrogen functional groups attached to an aromatic ring is 1. The number of rotatable bonds is 2. The fourth-order valence-corrected chi connectivity index (χ4v) is 2.06. The van der Waals surface area contributed by atoms with Crippen molar-refractivity contribution in [3.8, 4) is 17.1 Å². The second-order valence-electron chi connectivity index (χ2n) is 4.13. The molecule has 5 nitrogen and oxygen atoms in total. The Hall–Kier alpha value is -2.47. The van der Waals surface area contributed by atoms with E-state index in [2.05, 4.69) is 15.5 Å². The van der Waals surface area contributed by atoms with Gasteiger partial charge < -0.3 is 5.73 Å². The molecular weight excluding hydrogens is 281 g/mol. The lowest BCUT2D eigenvalue weighted by molar-refractivity contribution is 0.627. The number of anilines is 1. The summed E-state index contributed by atoms with van der Waals surface area (Å²) in [6.45, 7) is 0. The zero-order chi connectivity index (χ0) is 14.1. The lowest BCUT2D eigenvalue weighted by Crippen LogP contribution is -2.01. The molecule has 1 heterocycles. The van der Waals surface area contributed by atoms with Crippen LogP contribution < -0.4 is 5.73 Å². The predicted octanol–water partition coefficient (Wildman–Crippen LogP) is 2.70. The Labute approximate surface area is 118 Å². The van der Waals surface area contributed by atoms with E-state index in [1.54, 1.807) is 24.3 Å². The highest BCUT2D eigenvalue weighted by Gasteiger charge is 2.13. The number of aromatic nitrogens is 4. The summed E-state index contributed by atoms with van der Waals surface area (Å²) < 4.78 is 14.5. The first-order valence-corrected chi connectivity index (χ1v) is 6.12. The molecule has 3 rings (SSSR count). The second-order valence-corrected chi connectivity index (χ2v) is 4.54. The molecular formula is C13H9ClFN5. The van der Waals surface area contributed by atoms with Crippen LogP contribution in [0.3, 0.4) is 0 Å². The van der Waals surface area contributed by atoms with E-state index < -0.39 is 5.82 Å². The standard InChI is InChI=1S/C13H9ClFN5/c14-11-7-9(15)3-6-12(11)20-13(17-18-19-20)8-1-4-10(16)5-2-8/h1-7H,16H2. The zero-order valence-electron chi connectivity index (χ0n) is 10.2. The van der Waals surface area contributed by atoms with Crippen LogP contribution in [0.25, 0.3) is 17.1 Å². The van der Waals surface area contributed by atoms with Crippen LogP contribution in [-0.4, -0.2) is 20.2 Å². The van der Waals surface area contributed by atoms with Crippen LogP contribution in [0.1, 0.15) is 0 Å². The molecule has 0 fully saturated rings. The Kier molecular flexibility index (Phi) is 3.08. The van der Waals surface area contributed by atoms with Gasteiger partial charge in [-0.3, -0.25) is 0 Å². The first-order valence-electron chi connectivity index (χ1n) is 5.75. The lowest BCUT2D eigenvalue weighted by atomic mass is 10.2. The number of nitrogens with two attached hydrogens (primary N) is 1. The fourth-order valence-electron chi connectivity index (χ4n) is 1.81. The molecule has 0 aliphatic carbocycles. The maximum absolute atomic E-state index is 13.1. The summed E-state index contributed by atoms with van der Waals surface area (Å²) in [6.07, 6.45) is 0. The molecule has 7 heteroatoms. The van der Waals surface area contributed by atoms with Gasteiger partial charge in [-0.25, -0.2) is 4.39 Å². The Morgan fingerprint density at radius 1 is 1.10 bits per heavy atom. The summed E-state index contributed by atoms with van der Waals surface area (Å²) >= 11 is 6.03. The van der Waals surface area contributed by atoms with Crippen LogP contribution in [0.4, 0.5) is 10.1 Å². The molecule has 100 valence electrons. The maximum atomic E-state index is 13.1. The molecule has 0 spiro atoms. The topological polar surface area (TPSA) is 69.6 Å². The first-order chi connectivity index (χ1) is 9.65. The molecule has 0 unspecified atom stereocenters. The molecule has 2 aromatic carbocycles. The van der Waals surface area contributed by atoms with Gasteiger partial charge in [0.1, 0.15) is 5.82 Å². The van der Waals surface area contributed by atoms with E-state index in [9.17, 15) is 4.39 Å². The van der Waals surface area contributed by atoms with Gasteiger partial charge in [-0.2, -0.15) is 4.68 Å². The smallest absolute Gasteiger partial charge is 0.187 e. The monoisotopic (exact) mass is 289 g/mol. The van der Waals surface area contributed by atoms with Crippen molar-refractivity contribution in [1.29, 1.82) is 0 Å². The first kappa shape index (κ1) is 12.6. The van der Waals surface area contributed by atoms with Crippen LogP contribution in [-0.2, 0) is 0 Å². The summed E-state index contributed by atoms with van der Waals surface area (Å²) in [5.41, 5.74) is 7.58. The number of nitrogens with zero attached hydrogens (tertiary/aromatic N) is 4. The van der Waals surface area contributed by atoms with Crippen molar-refractivity contribution in [3.05, 3.63) is 53.3 Å². The quantitative estimate of drug-likeness (QED) is 0.736. The Bertz CT molecular complexity index is 754. The third kappa shape index (κ3) is 2.21. The van der Waals surface area contributed by atoms with Crippen LogP contribution in [0.5, 0.6) is 0 Å². The van der Waals surface area contributed by atoms with Crippen molar-refractivity contribution in [1.82, 2.24) is 20.2 Å². The minimum Gasteiger partial charge on any atom is -0.399 e. The summed E-state index contributed by atoms with van der Waals surface area (Å²) in [7, 11) is 0. The molecule has 20 heavy (non-hydrogen) atoms. The van der Waals surface area contributed by atoms with E-state index in [4.69, 9.17) is 17.3 Å². The molecule has 3 aromatic rings. The molecule has 0 atom stereocenters. The van der Waals surface area contributed by atoms with E-state index in [-0.39, 0.29) is 5.02 Å². The molecule has 0 amide bonds. The average Bonchev–Trinajstić information content (AvgIpc) is 2.88. The van der Waals surface area contributed by atoms with E-state index in [1.807, 2.05) is 0 Å². The summed E-state index contributed by atoms with van der Waals surface area (Å²) in [5, 5.41) is 11.7. The molecule has 1 aromatic heterocycles. The van der Waals surface area contributed by atoms with E-state index in [0.29, 0.717) is 17.2 Å². The highest BCUT2D eigenvalue weighted by atomic mass is 35.5. The van der Waals surface area contributed by atoms with E-state index in [0.717, 1.165) is 5.56 Å². The van der Waals surface area contributed by atoms with Crippen LogP contribution >= 0.6 is 11.6 Å². The van der Waals surface area contributed by atoms with Crippen molar-refractivity contribution < 1.29 is 4.39 Å². The maximum Gasteiger partial charge on any atom is 0.187 e. The van der Waals surface area contributed by atoms with Gasteiger partial charge in [-0.15, -0.1) is 5.10 Å². The molecule has 0 saturated heterocycles. The van der Waals surface area contributed by atoms with Gasteiger partial charge in [0, 0.05) is 11.3 Å². The minimum absolute atomic E-state index is 0.231. The highest BCUT2D eigenvalue weighted by molar-refractivity contribution is 6.32. The Morgan fingerprint density at radius 2 is 1.85 bits per heavy atom. The fraction of sp³-hybridized carbons (Fsp3) is 0. The third-order valence-electron chi connectivity index (χ3n) is 2.78. The molecule has 0 bridgehead atoms. The van der Waals surface area contributed by atoms with Gasteiger partial charge >= 0.3 is 0 Å². The van der Waals surface area contributed by atoms with Crippen molar-refractivity contribution in [3.63, 3.8) is 0 Å². The van der Waals surface area contributed by atoms with Crippen LogP contribution in [0.15, 0.2) is 42.5 Å². The highest BCUT2D eigenvalue weighted by Crippen LogP contribution is 2.25. The van der Waals surface area contributed by atoms with E-state index in [1.165, 1.54) is 22.9 Å². The predicted molar refractivity (Wildman–Crippen MR) is 74.0 cm³/mol. The number of halogens is 2. The van der Waals surface area contributed by atoms with Gasteiger partial charge in [0.05, 0.1) is 10.7 Å². The zero-order valence-corrected chi connectivity index (χ0v) is 10.9. The second kappa shape index (κ2) is 4.90. The van der Waals surface area contributed by atoms with Crippen molar-refractivity contribution in [2.75, 3.05) is 5.73 Å².